The predicted octanol–water partition coefficient (Wildman–Crippen LogP) is 3.65. The lowest BCUT2D eigenvalue weighted by Crippen LogP contribution is -2.15. The smallest absolute Gasteiger partial charge is 0.234 e. The fourth-order valence-electron chi connectivity index (χ4n) is 1.50. The molecule has 0 aliphatic rings. The first-order chi connectivity index (χ1) is 9.16. The monoisotopic (exact) mass is 292 g/mol. The SMILES string of the molecule is Nc1ccccc1NC(=O)CSc1ccccc1Cl. The van der Waals surface area contributed by atoms with Crippen molar-refractivity contribution >= 4 is 40.6 Å². The lowest BCUT2D eigenvalue weighted by Gasteiger charge is -2.08. The fraction of sp³-hybridized carbons (Fsp3) is 0.0714. The van der Waals surface area contributed by atoms with E-state index in [0.29, 0.717) is 16.4 Å². The third-order valence-corrected chi connectivity index (χ3v) is 3.95. The van der Waals surface area contributed by atoms with Crippen LogP contribution in [-0.2, 0) is 4.79 Å². The topological polar surface area (TPSA) is 55.1 Å². The molecule has 0 atom stereocenters. The number of hydrogen-bond acceptors (Lipinski definition) is 3. The molecule has 2 aromatic carbocycles. The lowest BCUT2D eigenvalue weighted by molar-refractivity contribution is -0.113. The number of amides is 1. The van der Waals surface area contributed by atoms with Crippen molar-refractivity contribution in [2.24, 2.45) is 0 Å². The number of rotatable bonds is 4. The van der Waals surface area contributed by atoms with E-state index in [-0.39, 0.29) is 11.7 Å². The van der Waals surface area contributed by atoms with Crippen LogP contribution in [0.3, 0.4) is 0 Å². The number of benzene rings is 2. The van der Waals surface area contributed by atoms with Gasteiger partial charge in [-0.3, -0.25) is 4.79 Å². The number of carbonyl (C=O) groups excluding carboxylic acids is 1. The molecule has 0 saturated heterocycles. The molecule has 0 heterocycles. The Balaban J connectivity index is 1.92. The van der Waals surface area contributed by atoms with E-state index in [2.05, 4.69) is 5.32 Å². The van der Waals surface area contributed by atoms with Gasteiger partial charge in [0.25, 0.3) is 0 Å². The van der Waals surface area contributed by atoms with Gasteiger partial charge in [-0.05, 0) is 24.3 Å². The molecule has 3 N–H and O–H groups in total. The first-order valence-corrected chi connectivity index (χ1v) is 7.05. The Labute approximate surface area is 121 Å². The van der Waals surface area contributed by atoms with Gasteiger partial charge in [-0.25, -0.2) is 0 Å². The first kappa shape index (κ1) is 13.8. The van der Waals surface area contributed by atoms with Crippen LogP contribution in [-0.4, -0.2) is 11.7 Å². The summed E-state index contributed by atoms with van der Waals surface area (Å²) in [6.45, 7) is 0. The van der Waals surface area contributed by atoms with Crippen molar-refractivity contribution in [1.29, 1.82) is 0 Å². The highest BCUT2D eigenvalue weighted by Crippen LogP contribution is 2.26. The molecular weight excluding hydrogens is 280 g/mol. The van der Waals surface area contributed by atoms with Gasteiger partial charge < -0.3 is 11.1 Å². The third kappa shape index (κ3) is 3.91. The number of hydrogen-bond donors (Lipinski definition) is 2. The van der Waals surface area contributed by atoms with E-state index in [1.54, 1.807) is 18.2 Å². The van der Waals surface area contributed by atoms with Crippen LogP contribution in [0.5, 0.6) is 0 Å². The van der Waals surface area contributed by atoms with Crippen LogP contribution in [0.15, 0.2) is 53.4 Å². The summed E-state index contributed by atoms with van der Waals surface area (Å²) in [5.41, 5.74) is 6.94. The fourth-order valence-corrected chi connectivity index (χ4v) is 2.54. The van der Waals surface area contributed by atoms with Crippen LogP contribution < -0.4 is 11.1 Å². The second-order valence-electron chi connectivity index (χ2n) is 3.85. The van der Waals surface area contributed by atoms with E-state index in [0.717, 1.165) is 4.90 Å². The molecule has 0 bridgehead atoms. The summed E-state index contributed by atoms with van der Waals surface area (Å²) in [6.07, 6.45) is 0. The van der Waals surface area contributed by atoms with Crippen molar-refractivity contribution in [3.8, 4) is 0 Å². The Morgan fingerprint density at radius 2 is 1.84 bits per heavy atom. The number of nitrogens with one attached hydrogen (secondary N) is 1. The summed E-state index contributed by atoms with van der Waals surface area (Å²) in [4.78, 5) is 12.7. The number of halogens is 1. The van der Waals surface area contributed by atoms with Gasteiger partial charge in [-0.1, -0.05) is 35.9 Å². The number of nitrogens with two attached hydrogens (primary N) is 1. The van der Waals surface area contributed by atoms with Gasteiger partial charge in [-0.15, -0.1) is 11.8 Å². The summed E-state index contributed by atoms with van der Waals surface area (Å²) in [5, 5.41) is 3.42. The summed E-state index contributed by atoms with van der Waals surface area (Å²) in [6, 6.07) is 14.6. The Morgan fingerprint density at radius 1 is 1.16 bits per heavy atom. The Bertz CT molecular complexity index is 589. The van der Waals surface area contributed by atoms with Gasteiger partial charge in [0.05, 0.1) is 22.2 Å². The molecule has 2 rings (SSSR count). The van der Waals surface area contributed by atoms with Crippen LogP contribution in [0, 0.1) is 0 Å². The summed E-state index contributed by atoms with van der Waals surface area (Å²) >= 11 is 7.42. The molecule has 2 aromatic rings. The molecule has 0 aliphatic heterocycles. The Kier molecular flexibility index (Phi) is 4.71. The number of para-hydroxylation sites is 2. The van der Waals surface area contributed by atoms with E-state index in [9.17, 15) is 4.79 Å². The molecule has 0 aliphatic carbocycles. The number of carbonyl (C=O) groups is 1. The van der Waals surface area contributed by atoms with Crippen molar-refractivity contribution in [2.75, 3.05) is 16.8 Å². The molecule has 3 nitrogen and oxygen atoms in total. The van der Waals surface area contributed by atoms with Crippen LogP contribution in [0.2, 0.25) is 5.02 Å². The average Bonchev–Trinajstić information content (AvgIpc) is 2.40. The van der Waals surface area contributed by atoms with Crippen LogP contribution in [0.1, 0.15) is 0 Å². The van der Waals surface area contributed by atoms with Gasteiger partial charge in [0, 0.05) is 4.90 Å². The largest absolute Gasteiger partial charge is 0.397 e. The summed E-state index contributed by atoms with van der Waals surface area (Å²) in [7, 11) is 0. The molecular formula is C14H13ClN2OS. The minimum absolute atomic E-state index is 0.109. The second-order valence-corrected chi connectivity index (χ2v) is 5.28. The van der Waals surface area contributed by atoms with Gasteiger partial charge in [0.15, 0.2) is 0 Å². The maximum absolute atomic E-state index is 11.8. The highest BCUT2D eigenvalue weighted by atomic mass is 35.5. The predicted molar refractivity (Wildman–Crippen MR) is 81.7 cm³/mol. The zero-order valence-corrected chi connectivity index (χ0v) is 11.7. The van der Waals surface area contributed by atoms with Crippen LogP contribution >= 0.6 is 23.4 Å². The molecule has 0 aromatic heterocycles. The first-order valence-electron chi connectivity index (χ1n) is 5.68. The Hall–Kier alpha value is -1.65. The van der Waals surface area contributed by atoms with Crippen LogP contribution in [0.4, 0.5) is 11.4 Å². The zero-order chi connectivity index (χ0) is 13.7. The maximum atomic E-state index is 11.8. The van der Waals surface area contributed by atoms with E-state index in [1.807, 2.05) is 30.3 Å². The minimum atomic E-state index is -0.109. The molecule has 5 heteroatoms. The summed E-state index contributed by atoms with van der Waals surface area (Å²) < 4.78 is 0. The molecule has 0 spiro atoms. The summed E-state index contributed by atoms with van der Waals surface area (Å²) in [5.74, 6) is 0.181. The van der Waals surface area contributed by atoms with Crippen molar-refractivity contribution in [3.05, 3.63) is 53.6 Å². The van der Waals surface area contributed by atoms with E-state index < -0.39 is 0 Å². The van der Waals surface area contributed by atoms with E-state index in [4.69, 9.17) is 17.3 Å². The number of nitrogen functional groups attached to an aromatic ring is 1. The van der Waals surface area contributed by atoms with Crippen molar-refractivity contribution < 1.29 is 4.79 Å². The maximum Gasteiger partial charge on any atom is 0.234 e. The highest BCUT2D eigenvalue weighted by molar-refractivity contribution is 8.00. The molecule has 19 heavy (non-hydrogen) atoms. The lowest BCUT2D eigenvalue weighted by atomic mass is 10.3. The molecule has 0 fully saturated rings. The zero-order valence-electron chi connectivity index (χ0n) is 10.1. The molecule has 0 unspecified atom stereocenters. The average molecular weight is 293 g/mol. The number of thioether (sulfide) groups is 1. The van der Waals surface area contributed by atoms with Gasteiger partial charge in [-0.2, -0.15) is 0 Å². The highest BCUT2D eigenvalue weighted by Gasteiger charge is 2.07. The van der Waals surface area contributed by atoms with E-state index in [1.165, 1.54) is 11.8 Å². The molecule has 0 radical (unpaired) electrons. The minimum Gasteiger partial charge on any atom is -0.397 e. The second kappa shape index (κ2) is 6.50. The molecule has 1 amide bonds. The molecule has 0 saturated carbocycles. The normalized spacial score (nSPS) is 10.2. The number of anilines is 2. The Morgan fingerprint density at radius 3 is 2.58 bits per heavy atom. The van der Waals surface area contributed by atoms with Crippen molar-refractivity contribution in [3.63, 3.8) is 0 Å². The van der Waals surface area contributed by atoms with Crippen molar-refractivity contribution in [2.45, 2.75) is 4.90 Å². The van der Waals surface area contributed by atoms with Gasteiger partial charge >= 0.3 is 0 Å². The van der Waals surface area contributed by atoms with Gasteiger partial charge in [0.2, 0.25) is 5.91 Å². The third-order valence-electron chi connectivity index (χ3n) is 2.43. The van der Waals surface area contributed by atoms with Gasteiger partial charge in [0.1, 0.15) is 0 Å². The van der Waals surface area contributed by atoms with Crippen molar-refractivity contribution in [1.82, 2.24) is 0 Å². The quantitative estimate of drug-likeness (QED) is 0.668. The standard InChI is InChI=1S/C14H13ClN2OS/c15-10-5-1-4-8-13(10)19-9-14(18)17-12-7-3-2-6-11(12)16/h1-8H,9,16H2,(H,17,18). The molecule has 98 valence electrons. The van der Waals surface area contributed by atoms with E-state index >= 15 is 0 Å². The van der Waals surface area contributed by atoms with Crippen LogP contribution in [0.25, 0.3) is 0 Å².